The first-order valence-corrected chi connectivity index (χ1v) is 5.97. The lowest BCUT2D eigenvalue weighted by Gasteiger charge is -2.28. The van der Waals surface area contributed by atoms with E-state index in [1.54, 1.807) is 16.7 Å². The van der Waals surface area contributed by atoms with E-state index in [4.69, 9.17) is 5.26 Å². The molecule has 0 bridgehead atoms. The summed E-state index contributed by atoms with van der Waals surface area (Å²) in [4.78, 5) is 3.89. The molecule has 0 spiro atoms. The molecule has 0 aliphatic carbocycles. The van der Waals surface area contributed by atoms with Gasteiger partial charge in [0.2, 0.25) is 0 Å². The molecule has 1 N–H and O–H groups in total. The quantitative estimate of drug-likeness (QED) is 0.915. The molecule has 1 aromatic carbocycles. The summed E-state index contributed by atoms with van der Waals surface area (Å²) in [6, 6.07) is 7.76. The van der Waals surface area contributed by atoms with Crippen molar-refractivity contribution in [3.05, 3.63) is 53.9 Å². The van der Waals surface area contributed by atoms with Gasteiger partial charge in [0.25, 0.3) is 0 Å². The lowest BCUT2D eigenvalue weighted by atomic mass is 9.91. The van der Waals surface area contributed by atoms with Gasteiger partial charge in [-0.15, -0.1) is 0 Å². The van der Waals surface area contributed by atoms with Crippen LogP contribution in [-0.4, -0.2) is 14.7 Å². The number of aromatic nitrogens is 2. The van der Waals surface area contributed by atoms with E-state index < -0.39 is 5.60 Å². The summed E-state index contributed by atoms with van der Waals surface area (Å²) < 4.78 is 14.5. The molecule has 0 saturated carbocycles. The minimum atomic E-state index is -1.15. The van der Waals surface area contributed by atoms with Crippen LogP contribution in [0, 0.1) is 17.1 Å². The Morgan fingerprint density at radius 1 is 1.42 bits per heavy atom. The maximum Gasteiger partial charge on any atom is 0.140 e. The molecule has 4 nitrogen and oxygen atoms in total. The van der Waals surface area contributed by atoms with Gasteiger partial charge in [-0.05, 0) is 24.1 Å². The molecule has 0 radical (unpaired) electrons. The predicted octanol–water partition coefficient (Wildman–Crippen LogP) is 2.19. The van der Waals surface area contributed by atoms with Gasteiger partial charge in [-0.3, -0.25) is 0 Å². The molecule has 1 atom stereocenters. The van der Waals surface area contributed by atoms with Crippen LogP contribution in [0.25, 0.3) is 0 Å². The molecule has 0 fully saturated rings. The highest BCUT2D eigenvalue weighted by molar-refractivity contribution is 5.24. The van der Waals surface area contributed by atoms with Crippen molar-refractivity contribution < 1.29 is 9.50 Å². The number of benzene rings is 1. The van der Waals surface area contributed by atoms with Gasteiger partial charge in [0.15, 0.2) is 0 Å². The van der Waals surface area contributed by atoms with E-state index in [-0.39, 0.29) is 12.4 Å². The van der Waals surface area contributed by atoms with Crippen LogP contribution in [0.1, 0.15) is 24.6 Å². The summed E-state index contributed by atoms with van der Waals surface area (Å²) in [5, 5.41) is 19.6. The second-order valence-electron chi connectivity index (χ2n) is 4.41. The van der Waals surface area contributed by atoms with Gasteiger partial charge in [0.1, 0.15) is 23.2 Å². The van der Waals surface area contributed by atoms with Gasteiger partial charge in [-0.1, -0.05) is 19.1 Å². The summed E-state index contributed by atoms with van der Waals surface area (Å²) in [6.07, 6.45) is 3.39. The average molecular weight is 259 g/mol. The summed E-state index contributed by atoms with van der Waals surface area (Å²) in [5.41, 5.74) is -0.150. The largest absolute Gasteiger partial charge is 0.383 e. The standard InChI is InChI=1S/C14H14FN3O/c1-2-14(19,11-3-5-12(15)6-4-11)9-18-10-17-8-13(18)7-16/h3-6,8,10,19H,2,9H2,1H3. The van der Waals surface area contributed by atoms with Crippen LogP contribution in [0.4, 0.5) is 4.39 Å². The normalized spacial score (nSPS) is 13.8. The highest BCUT2D eigenvalue weighted by Gasteiger charge is 2.28. The second-order valence-corrected chi connectivity index (χ2v) is 4.41. The monoisotopic (exact) mass is 259 g/mol. The Morgan fingerprint density at radius 2 is 2.11 bits per heavy atom. The molecule has 0 aliphatic rings. The topological polar surface area (TPSA) is 61.8 Å². The number of hydrogen-bond donors (Lipinski definition) is 1. The Kier molecular flexibility index (Phi) is 3.63. The highest BCUT2D eigenvalue weighted by atomic mass is 19.1. The van der Waals surface area contributed by atoms with Crippen molar-refractivity contribution in [3.63, 3.8) is 0 Å². The number of nitrogens with zero attached hydrogens (tertiary/aromatic N) is 3. The van der Waals surface area contributed by atoms with E-state index in [0.29, 0.717) is 17.7 Å². The van der Waals surface area contributed by atoms with Gasteiger partial charge >= 0.3 is 0 Å². The molecule has 1 aromatic heterocycles. The lowest BCUT2D eigenvalue weighted by Crippen LogP contribution is -2.31. The Labute approximate surface area is 110 Å². The Morgan fingerprint density at radius 3 is 2.68 bits per heavy atom. The van der Waals surface area contributed by atoms with Gasteiger partial charge in [-0.25, -0.2) is 9.37 Å². The van der Waals surface area contributed by atoms with Crippen molar-refractivity contribution in [1.82, 2.24) is 9.55 Å². The molecular weight excluding hydrogens is 245 g/mol. The zero-order valence-electron chi connectivity index (χ0n) is 10.5. The van der Waals surface area contributed by atoms with Crippen LogP contribution in [-0.2, 0) is 12.1 Å². The van der Waals surface area contributed by atoms with Crippen LogP contribution < -0.4 is 0 Å². The number of halogens is 1. The summed E-state index contributed by atoms with van der Waals surface area (Å²) in [6.45, 7) is 2.05. The SMILES string of the molecule is CCC(O)(Cn1cncc1C#N)c1ccc(F)cc1. The number of hydrogen-bond acceptors (Lipinski definition) is 3. The van der Waals surface area contributed by atoms with E-state index in [2.05, 4.69) is 4.98 Å². The van der Waals surface area contributed by atoms with E-state index in [9.17, 15) is 9.50 Å². The highest BCUT2D eigenvalue weighted by Crippen LogP contribution is 2.27. The maximum absolute atomic E-state index is 12.9. The van der Waals surface area contributed by atoms with Crippen LogP contribution in [0.15, 0.2) is 36.8 Å². The van der Waals surface area contributed by atoms with Crippen LogP contribution in [0.3, 0.4) is 0 Å². The van der Waals surface area contributed by atoms with Gasteiger partial charge in [0, 0.05) is 0 Å². The third kappa shape index (κ3) is 2.64. The van der Waals surface area contributed by atoms with E-state index >= 15 is 0 Å². The first kappa shape index (κ1) is 13.2. The third-order valence-electron chi connectivity index (χ3n) is 3.23. The van der Waals surface area contributed by atoms with Crippen molar-refractivity contribution in [2.24, 2.45) is 0 Å². The summed E-state index contributed by atoms with van der Waals surface area (Å²) >= 11 is 0. The second kappa shape index (κ2) is 5.21. The van der Waals surface area contributed by atoms with Crippen LogP contribution in [0.2, 0.25) is 0 Å². The van der Waals surface area contributed by atoms with E-state index in [0.717, 1.165) is 0 Å². The van der Waals surface area contributed by atoms with Crippen molar-refractivity contribution in [2.75, 3.05) is 0 Å². The molecule has 98 valence electrons. The summed E-state index contributed by atoms with van der Waals surface area (Å²) in [7, 11) is 0. The molecule has 0 amide bonds. The van der Waals surface area contributed by atoms with Crippen molar-refractivity contribution in [3.8, 4) is 6.07 Å². The number of imidazole rings is 1. The average Bonchev–Trinajstić information content (AvgIpc) is 2.86. The molecule has 0 aliphatic heterocycles. The van der Waals surface area contributed by atoms with Gasteiger partial charge in [-0.2, -0.15) is 5.26 Å². The molecule has 5 heteroatoms. The van der Waals surface area contributed by atoms with Crippen molar-refractivity contribution in [1.29, 1.82) is 5.26 Å². The fraction of sp³-hybridized carbons (Fsp3) is 0.286. The van der Waals surface area contributed by atoms with Gasteiger partial charge in [0.05, 0.1) is 19.1 Å². The fourth-order valence-electron chi connectivity index (χ4n) is 1.99. The minimum absolute atomic E-state index is 0.206. The molecule has 0 saturated heterocycles. The molecule has 2 rings (SSSR count). The molecule has 1 unspecified atom stereocenters. The maximum atomic E-state index is 12.9. The van der Waals surface area contributed by atoms with E-state index in [1.807, 2.05) is 13.0 Å². The lowest BCUT2D eigenvalue weighted by molar-refractivity contribution is 0.0141. The predicted molar refractivity (Wildman–Crippen MR) is 67.5 cm³/mol. The molecular formula is C14H14FN3O. The number of nitriles is 1. The minimum Gasteiger partial charge on any atom is -0.383 e. The third-order valence-corrected chi connectivity index (χ3v) is 3.23. The van der Waals surface area contributed by atoms with Crippen LogP contribution >= 0.6 is 0 Å². The first-order valence-electron chi connectivity index (χ1n) is 5.97. The number of aliphatic hydroxyl groups is 1. The fourth-order valence-corrected chi connectivity index (χ4v) is 1.99. The molecule has 19 heavy (non-hydrogen) atoms. The smallest absolute Gasteiger partial charge is 0.140 e. The van der Waals surface area contributed by atoms with Crippen molar-refractivity contribution in [2.45, 2.75) is 25.5 Å². The first-order chi connectivity index (χ1) is 9.09. The molecule has 2 aromatic rings. The van der Waals surface area contributed by atoms with Gasteiger partial charge < -0.3 is 9.67 Å². The molecule has 1 heterocycles. The zero-order chi connectivity index (χ0) is 13.9. The zero-order valence-corrected chi connectivity index (χ0v) is 10.5. The Hall–Kier alpha value is -2.19. The van der Waals surface area contributed by atoms with E-state index in [1.165, 1.54) is 24.7 Å². The summed E-state index contributed by atoms with van der Waals surface area (Å²) in [5.74, 6) is -0.345. The number of rotatable bonds is 4. The Balaban J connectivity index is 2.33. The Bertz CT molecular complexity index is 600. The van der Waals surface area contributed by atoms with Crippen LogP contribution in [0.5, 0.6) is 0 Å². The van der Waals surface area contributed by atoms with Crippen molar-refractivity contribution >= 4 is 0 Å².